The van der Waals surface area contributed by atoms with E-state index >= 15 is 0 Å². The minimum absolute atomic E-state index is 0.124. The molecule has 10 nitrogen and oxygen atoms in total. The van der Waals surface area contributed by atoms with Crippen molar-refractivity contribution in [3.8, 4) is 11.5 Å². The molecule has 1 aliphatic heterocycles. The average Bonchev–Trinajstić information content (AvgIpc) is 2.84. The first-order valence-electron chi connectivity index (χ1n) is 10.4. The van der Waals surface area contributed by atoms with E-state index in [4.69, 9.17) is 9.47 Å². The highest BCUT2D eigenvalue weighted by atomic mass is 32.2. The van der Waals surface area contributed by atoms with Crippen LogP contribution in [0.4, 0.5) is 17.5 Å². The van der Waals surface area contributed by atoms with Crippen LogP contribution in [0.1, 0.15) is 5.56 Å². The Morgan fingerprint density at radius 1 is 0.909 bits per heavy atom. The second-order valence-corrected chi connectivity index (χ2v) is 9.43. The van der Waals surface area contributed by atoms with Crippen LogP contribution in [0.25, 0.3) is 0 Å². The van der Waals surface area contributed by atoms with Gasteiger partial charge in [0.25, 0.3) is 0 Å². The molecule has 0 aliphatic carbocycles. The Kier molecular flexibility index (Phi) is 6.61. The van der Waals surface area contributed by atoms with Crippen LogP contribution in [0.15, 0.2) is 53.6 Å². The minimum atomic E-state index is -3.71. The number of hydrogen-bond donors (Lipinski definition) is 1. The van der Waals surface area contributed by atoms with Crippen LogP contribution >= 0.6 is 0 Å². The Morgan fingerprint density at radius 3 is 2.33 bits per heavy atom. The summed E-state index contributed by atoms with van der Waals surface area (Å²) in [6, 6.07) is 12.2. The van der Waals surface area contributed by atoms with Crippen molar-refractivity contribution in [3.63, 3.8) is 0 Å². The number of aromatic nitrogens is 3. The third-order valence-electron chi connectivity index (χ3n) is 5.37. The number of sulfonamides is 1. The van der Waals surface area contributed by atoms with Crippen molar-refractivity contribution >= 4 is 27.5 Å². The third-order valence-corrected chi connectivity index (χ3v) is 7.31. The fraction of sp³-hybridized carbons (Fsp3) is 0.318. The molecule has 3 aromatic rings. The molecule has 0 radical (unpaired) electrons. The van der Waals surface area contributed by atoms with E-state index in [1.807, 2.05) is 36.1 Å². The second-order valence-electron chi connectivity index (χ2n) is 7.53. The Morgan fingerprint density at radius 2 is 1.70 bits per heavy atom. The van der Waals surface area contributed by atoms with E-state index in [1.165, 1.54) is 24.6 Å². The number of benzene rings is 1. The fourth-order valence-corrected chi connectivity index (χ4v) is 5.14. The third kappa shape index (κ3) is 4.99. The van der Waals surface area contributed by atoms with E-state index < -0.39 is 10.0 Å². The van der Waals surface area contributed by atoms with Crippen LogP contribution < -0.4 is 19.7 Å². The normalized spacial score (nSPS) is 14.7. The molecule has 174 valence electrons. The summed E-state index contributed by atoms with van der Waals surface area (Å²) in [5.41, 5.74) is 1.09. The number of aryl methyl sites for hydroxylation is 1. The molecule has 0 bridgehead atoms. The number of nitrogens with zero attached hydrogens (tertiary/aromatic N) is 5. The first-order valence-corrected chi connectivity index (χ1v) is 11.9. The summed E-state index contributed by atoms with van der Waals surface area (Å²) in [6.07, 6.45) is 1.73. The Labute approximate surface area is 193 Å². The van der Waals surface area contributed by atoms with Gasteiger partial charge in [-0.3, -0.25) is 0 Å². The standard InChI is InChI=1S/C22H26N6O4S/c1-16-8-9-23-21(14-16)24-20-6-7-22(26-25-20)27-10-12-28(13-11-27)33(29,30)19-5-4-17(31-2)15-18(19)32-3/h4-9,14-15H,10-13H2,1-3H3,(H,23,24,25). The summed E-state index contributed by atoms with van der Waals surface area (Å²) in [4.78, 5) is 6.39. The lowest BCUT2D eigenvalue weighted by Crippen LogP contribution is -2.49. The summed E-state index contributed by atoms with van der Waals surface area (Å²) >= 11 is 0. The Balaban J connectivity index is 1.41. The van der Waals surface area contributed by atoms with E-state index in [0.29, 0.717) is 49.4 Å². The van der Waals surface area contributed by atoms with Gasteiger partial charge in [0.1, 0.15) is 22.2 Å². The molecule has 1 N–H and O–H groups in total. The molecule has 1 fully saturated rings. The molecule has 1 aliphatic rings. The summed E-state index contributed by atoms with van der Waals surface area (Å²) < 4.78 is 38.3. The smallest absolute Gasteiger partial charge is 0.246 e. The first kappa shape index (κ1) is 22.7. The molecule has 1 aromatic carbocycles. The number of hydrogen-bond acceptors (Lipinski definition) is 9. The summed E-state index contributed by atoms with van der Waals surface area (Å²) in [5.74, 6) is 2.77. The zero-order valence-electron chi connectivity index (χ0n) is 18.7. The van der Waals surface area contributed by atoms with E-state index in [2.05, 4.69) is 20.5 Å². The lowest BCUT2D eigenvalue weighted by Gasteiger charge is -2.34. The molecule has 0 saturated carbocycles. The van der Waals surface area contributed by atoms with Gasteiger partial charge in [-0.2, -0.15) is 4.31 Å². The van der Waals surface area contributed by atoms with E-state index in [9.17, 15) is 8.42 Å². The van der Waals surface area contributed by atoms with Crippen molar-refractivity contribution in [2.75, 3.05) is 50.6 Å². The average molecular weight is 471 g/mol. The van der Waals surface area contributed by atoms with Crippen molar-refractivity contribution in [2.24, 2.45) is 0 Å². The Bertz CT molecular complexity index is 1210. The van der Waals surface area contributed by atoms with Gasteiger partial charge in [-0.1, -0.05) is 0 Å². The van der Waals surface area contributed by atoms with Crippen molar-refractivity contribution < 1.29 is 17.9 Å². The zero-order valence-corrected chi connectivity index (χ0v) is 19.5. The molecule has 0 amide bonds. The van der Waals surface area contributed by atoms with Gasteiger partial charge in [0.2, 0.25) is 10.0 Å². The number of nitrogens with one attached hydrogen (secondary N) is 1. The molecular formula is C22H26N6O4S. The number of anilines is 3. The second kappa shape index (κ2) is 9.59. The van der Waals surface area contributed by atoms with Crippen LogP contribution in [0.5, 0.6) is 11.5 Å². The number of pyridine rings is 1. The van der Waals surface area contributed by atoms with Crippen molar-refractivity contribution in [1.29, 1.82) is 0 Å². The van der Waals surface area contributed by atoms with E-state index in [0.717, 1.165) is 5.56 Å². The van der Waals surface area contributed by atoms with Crippen molar-refractivity contribution in [2.45, 2.75) is 11.8 Å². The van der Waals surface area contributed by atoms with Gasteiger partial charge in [0.15, 0.2) is 11.6 Å². The van der Waals surface area contributed by atoms with E-state index in [-0.39, 0.29) is 10.6 Å². The van der Waals surface area contributed by atoms with Crippen molar-refractivity contribution in [1.82, 2.24) is 19.5 Å². The highest BCUT2D eigenvalue weighted by Crippen LogP contribution is 2.31. The Hall–Kier alpha value is -3.44. The first-order chi connectivity index (χ1) is 15.9. The largest absolute Gasteiger partial charge is 0.497 e. The van der Waals surface area contributed by atoms with Gasteiger partial charge in [0.05, 0.1) is 14.2 Å². The van der Waals surface area contributed by atoms with Gasteiger partial charge >= 0.3 is 0 Å². The van der Waals surface area contributed by atoms with Gasteiger partial charge in [-0.25, -0.2) is 13.4 Å². The van der Waals surface area contributed by atoms with Crippen molar-refractivity contribution in [3.05, 3.63) is 54.2 Å². The molecule has 0 unspecified atom stereocenters. The van der Waals surface area contributed by atoms with E-state index in [1.54, 1.807) is 18.3 Å². The predicted molar refractivity (Wildman–Crippen MR) is 125 cm³/mol. The highest BCUT2D eigenvalue weighted by Gasteiger charge is 2.31. The van der Waals surface area contributed by atoms with Crippen LogP contribution in [-0.4, -0.2) is 68.3 Å². The molecule has 33 heavy (non-hydrogen) atoms. The lowest BCUT2D eigenvalue weighted by molar-refractivity contribution is 0.369. The van der Waals surface area contributed by atoms with Gasteiger partial charge in [-0.15, -0.1) is 10.2 Å². The molecule has 2 aromatic heterocycles. The maximum Gasteiger partial charge on any atom is 0.246 e. The number of methoxy groups -OCH3 is 2. The number of ether oxygens (including phenoxy) is 2. The predicted octanol–water partition coefficient (Wildman–Crippen LogP) is 2.45. The molecule has 3 heterocycles. The van der Waals surface area contributed by atoms with Crippen LogP contribution in [-0.2, 0) is 10.0 Å². The van der Waals surface area contributed by atoms with Gasteiger partial charge < -0.3 is 19.7 Å². The minimum Gasteiger partial charge on any atom is -0.497 e. The summed E-state index contributed by atoms with van der Waals surface area (Å²) in [5, 5.41) is 11.7. The summed E-state index contributed by atoms with van der Waals surface area (Å²) in [6.45, 7) is 3.64. The molecule has 1 saturated heterocycles. The monoisotopic (exact) mass is 470 g/mol. The quantitative estimate of drug-likeness (QED) is 0.557. The number of rotatable bonds is 7. The molecule has 11 heteroatoms. The van der Waals surface area contributed by atoms with Crippen LogP contribution in [0.2, 0.25) is 0 Å². The SMILES string of the molecule is COc1ccc(S(=O)(=O)N2CCN(c3ccc(Nc4cc(C)ccn4)nn3)CC2)c(OC)c1. The topological polar surface area (TPSA) is 110 Å². The maximum atomic E-state index is 13.2. The highest BCUT2D eigenvalue weighted by molar-refractivity contribution is 7.89. The zero-order chi connectivity index (χ0) is 23.4. The molecular weight excluding hydrogens is 444 g/mol. The van der Waals surface area contributed by atoms with Crippen LogP contribution in [0.3, 0.4) is 0 Å². The molecule has 0 spiro atoms. The van der Waals surface area contributed by atoms with Gasteiger partial charge in [0, 0.05) is 38.4 Å². The lowest BCUT2D eigenvalue weighted by atomic mass is 10.3. The molecule has 0 atom stereocenters. The van der Waals surface area contributed by atoms with Gasteiger partial charge in [-0.05, 0) is 48.9 Å². The summed E-state index contributed by atoms with van der Waals surface area (Å²) in [7, 11) is -0.744. The maximum absolute atomic E-state index is 13.2. The fourth-order valence-electron chi connectivity index (χ4n) is 3.58. The number of piperazine rings is 1. The van der Waals surface area contributed by atoms with Crippen LogP contribution in [0, 0.1) is 6.92 Å². The molecule has 4 rings (SSSR count).